The molecule has 14 heteroatoms. The lowest BCUT2D eigenvalue weighted by atomic mass is 10.2. The second-order valence-corrected chi connectivity index (χ2v) is 13.5. The van der Waals surface area contributed by atoms with Gasteiger partial charge in [0.2, 0.25) is 15.9 Å². The van der Waals surface area contributed by atoms with Gasteiger partial charge in [-0.2, -0.15) is 21.3 Å². The van der Waals surface area contributed by atoms with E-state index in [2.05, 4.69) is 5.32 Å². The molecule has 0 atom stereocenters. The Kier molecular flexibility index (Phi) is 8.97. The fourth-order valence-corrected chi connectivity index (χ4v) is 7.62. The summed E-state index contributed by atoms with van der Waals surface area (Å²) in [6, 6.07) is 11.6. The Labute approximate surface area is 229 Å². The number of hydrogen-bond donors (Lipinski definition) is 1. The first-order valence-corrected chi connectivity index (χ1v) is 15.4. The van der Waals surface area contributed by atoms with Crippen LogP contribution >= 0.6 is 11.6 Å². The molecule has 2 aliphatic rings. The maximum Gasteiger partial charge on any atom is 0.282 e. The van der Waals surface area contributed by atoms with Crippen LogP contribution in [0.3, 0.4) is 0 Å². The average Bonchev–Trinajstić information content (AvgIpc) is 2.89. The molecule has 38 heavy (non-hydrogen) atoms. The summed E-state index contributed by atoms with van der Waals surface area (Å²) in [5, 5.41) is 3.26. The lowest BCUT2D eigenvalue weighted by Crippen LogP contribution is -2.57. The molecule has 2 aromatic carbocycles. The predicted molar refractivity (Wildman–Crippen MR) is 145 cm³/mol. The normalized spacial score (nSPS) is 18.8. The van der Waals surface area contributed by atoms with Crippen LogP contribution in [0, 0.1) is 6.92 Å². The minimum atomic E-state index is -3.75. The zero-order valence-electron chi connectivity index (χ0n) is 21.3. The summed E-state index contributed by atoms with van der Waals surface area (Å²) in [5.41, 5.74) is 1.43. The Morgan fingerprint density at radius 1 is 0.868 bits per heavy atom. The summed E-state index contributed by atoms with van der Waals surface area (Å²) in [7, 11) is -5.93. The number of piperazine rings is 2. The van der Waals surface area contributed by atoms with Gasteiger partial charge >= 0.3 is 0 Å². The van der Waals surface area contributed by atoms with Gasteiger partial charge in [-0.1, -0.05) is 29.3 Å². The van der Waals surface area contributed by atoms with E-state index in [1.54, 1.807) is 42.5 Å². The van der Waals surface area contributed by atoms with Crippen molar-refractivity contribution in [3.05, 3.63) is 53.1 Å². The summed E-state index contributed by atoms with van der Waals surface area (Å²) in [5.74, 6) is 0.234. The van der Waals surface area contributed by atoms with Gasteiger partial charge in [-0.05, 0) is 37.3 Å². The zero-order chi connectivity index (χ0) is 27.5. The minimum absolute atomic E-state index is 0.0809. The molecule has 2 heterocycles. The molecule has 0 bridgehead atoms. The molecule has 1 N–H and O–H groups in total. The SMILES string of the molecule is COc1ccc(Cl)cc1NC(=O)CN1CCN(S(=O)(=O)N2CCN(S(=O)(=O)c3ccc(C)cc3)CC2)CC1. The summed E-state index contributed by atoms with van der Waals surface area (Å²) in [4.78, 5) is 14.7. The Hall–Kier alpha value is -2.26. The van der Waals surface area contributed by atoms with Crippen molar-refractivity contribution in [3.63, 3.8) is 0 Å². The Bertz CT molecular complexity index is 1360. The van der Waals surface area contributed by atoms with Crippen molar-refractivity contribution in [2.24, 2.45) is 0 Å². The van der Waals surface area contributed by atoms with E-state index in [9.17, 15) is 21.6 Å². The molecule has 2 saturated heterocycles. The Morgan fingerprint density at radius 2 is 1.42 bits per heavy atom. The molecule has 11 nitrogen and oxygen atoms in total. The molecule has 2 aromatic rings. The van der Waals surface area contributed by atoms with E-state index in [1.165, 1.54) is 20.0 Å². The van der Waals surface area contributed by atoms with Gasteiger partial charge in [-0.15, -0.1) is 0 Å². The Balaban J connectivity index is 1.28. The highest BCUT2D eigenvalue weighted by Crippen LogP contribution is 2.27. The number of sulfonamides is 1. The van der Waals surface area contributed by atoms with Crippen molar-refractivity contribution in [1.82, 2.24) is 17.8 Å². The van der Waals surface area contributed by atoms with Gasteiger partial charge in [0.05, 0.1) is 24.2 Å². The highest BCUT2D eigenvalue weighted by atomic mass is 35.5. The van der Waals surface area contributed by atoms with Crippen LogP contribution < -0.4 is 10.1 Å². The van der Waals surface area contributed by atoms with Gasteiger partial charge in [0.1, 0.15) is 5.75 Å². The van der Waals surface area contributed by atoms with Gasteiger partial charge in [0.25, 0.3) is 10.2 Å². The molecular weight excluding hydrogens is 554 g/mol. The van der Waals surface area contributed by atoms with E-state index in [1.807, 2.05) is 11.8 Å². The van der Waals surface area contributed by atoms with Crippen molar-refractivity contribution in [2.45, 2.75) is 11.8 Å². The van der Waals surface area contributed by atoms with Gasteiger partial charge in [0, 0.05) is 57.4 Å². The molecular formula is C24H32ClN5O6S2. The third-order valence-electron chi connectivity index (χ3n) is 6.64. The van der Waals surface area contributed by atoms with Gasteiger partial charge < -0.3 is 10.1 Å². The third kappa shape index (κ3) is 6.47. The molecule has 0 radical (unpaired) electrons. The second kappa shape index (κ2) is 11.9. The summed E-state index contributed by atoms with van der Waals surface area (Å²) >= 11 is 6.02. The number of halogens is 1. The lowest BCUT2D eigenvalue weighted by molar-refractivity contribution is -0.117. The summed E-state index contributed by atoms with van der Waals surface area (Å²) in [6.07, 6.45) is 0. The van der Waals surface area contributed by atoms with Crippen molar-refractivity contribution >= 4 is 43.4 Å². The first kappa shape index (κ1) is 28.7. The smallest absolute Gasteiger partial charge is 0.282 e. The molecule has 0 spiro atoms. The van der Waals surface area contributed by atoms with E-state index >= 15 is 0 Å². The van der Waals surface area contributed by atoms with E-state index in [-0.39, 0.29) is 56.6 Å². The second-order valence-electron chi connectivity index (χ2n) is 9.19. The number of nitrogens with one attached hydrogen (secondary N) is 1. The quantitative estimate of drug-likeness (QED) is 0.498. The number of benzene rings is 2. The van der Waals surface area contributed by atoms with Gasteiger partial charge in [0.15, 0.2) is 0 Å². The highest BCUT2D eigenvalue weighted by molar-refractivity contribution is 7.89. The predicted octanol–water partition coefficient (Wildman–Crippen LogP) is 1.46. The molecule has 0 aromatic heterocycles. The third-order valence-corrected chi connectivity index (χ3v) is 10.8. The fourth-order valence-electron chi connectivity index (χ4n) is 4.45. The number of carbonyl (C=O) groups is 1. The lowest BCUT2D eigenvalue weighted by Gasteiger charge is -2.39. The van der Waals surface area contributed by atoms with E-state index in [0.29, 0.717) is 29.5 Å². The molecule has 1 amide bonds. The van der Waals surface area contributed by atoms with Gasteiger partial charge in [-0.25, -0.2) is 8.42 Å². The van der Waals surface area contributed by atoms with E-state index in [4.69, 9.17) is 16.3 Å². The van der Waals surface area contributed by atoms with Crippen molar-refractivity contribution in [3.8, 4) is 5.75 Å². The van der Waals surface area contributed by atoms with Gasteiger partial charge in [-0.3, -0.25) is 9.69 Å². The van der Waals surface area contributed by atoms with E-state index in [0.717, 1.165) is 5.56 Å². The van der Waals surface area contributed by atoms with Crippen LogP contribution in [0.5, 0.6) is 5.75 Å². The van der Waals surface area contributed by atoms with Crippen molar-refractivity contribution in [2.75, 3.05) is 71.3 Å². The molecule has 2 fully saturated rings. The first-order valence-electron chi connectivity index (χ1n) is 12.2. The topological polar surface area (TPSA) is 120 Å². The zero-order valence-corrected chi connectivity index (χ0v) is 23.7. The largest absolute Gasteiger partial charge is 0.495 e. The van der Waals surface area contributed by atoms with Crippen LogP contribution in [0.4, 0.5) is 5.69 Å². The van der Waals surface area contributed by atoms with Crippen LogP contribution in [0.2, 0.25) is 5.02 Å². The fraction of sp³-hybridized carbons (Fsp3) is 0.458. The van der Waals surface area contributed by atoms with Crippen LogP contribution in [0.15, 0.2) is 47.4 Å². The van der Waals surface area contributed by atoms with Crippen LogP contribution in [-0.2, 0) is 25.0 Å². The highest BCUT2D eigenvalue weighted by Gasteiger charge is 2.37. The molecule has 0 saturated carbocycles. The molecule has 0 aliphatic carbocycles. The van der Waals surface area contributed by atoms with Crippen LogP contribution in [0.25, 0.3) is 0 Å². The molecule has 4 rings (SSSR count). The number of rotatable bonds is 8. The number of hydrogen-bond acceptors (Lipinski definition) is 7. The summed E-state index contributed by atoms with van der Waals surface area (Å²) in [6.45, 7) is 3.56. The molecule has 208 valence electrons. The minimum Gasteiger partial charge on any atom is -0.495 e. The van der Waals surface area contributed by atoms with E-state index < -0.39 is 20.2 Å². The van der Waals surface area contributed by atoms with Crippen LogP contribution in [0.1, 0.15) is 5.56 Å². The summed E-state index contributed by atoms with van der Waals surface area (Å²) < 4.78 is 61.7. The standard InChI is InChI=1S/C24H32ClN5O6S2/c1-19-3-6-21(7-4-19)37(32,33)28-13-15-30(16-14-28)38(34,35)29-11-9-27(10-12-29)18-24(31)26-22-17-20(25)5-8-23(22)36-2/h3-8,17H,9-16,18H2,1-2H3,(H,26,31). The molecule has 0 unspecified atom stereocenters. The maximum atomic E-state index is 13.2. The van der Waals surface area contributed by atoms with Crippen molar-refractivity contribution in [1.29, 1.82) is 0 Å². The maximum absolute atomic E-state index is 13.2. The molecule has 2 aliphatic heterocycles. The number of aryl methyl sites for hydroxylation is 1. The Morgan fingerprint density at radius 3 is 2.00 bits per heavy atom. The van der Waals surface area contributed by atoms with Crippen molar-refractivity contribution < 1.29 is 26.4 Å². The monoisotopic (exact) mass is 585 g/mol. The number of ether oxygens (including phenoxy) is 1. The average molecular weight is 586 g/mol. The number of amides is 1. The first-order chi connectivity index (χ1) is 18.0. The number of anilines is 1. The number of methoxy groups -OCH3 is 1. The van der Waals surface area contributed by atoms with Crippen LogP contribution in [-0.4, -0.2) is 107 Å². The number of carbonyl (C=O) groups excluding carboxylic acids is 1. The number of nitrogens with zero attached hydrogens (tertiary/aromatic N) is 4.